The first-order valence-corrected chi connectivity index (χ1v) is 25.7. The van der Waals surface area contributed by atoms with Crippen LogP contribution in [0.5, 0.6) is 5.75 Å². The second-order valence-corrected chi connectivity index (χ2v) is 22.1. The van der Waals surface area contributed by atoms with Crippen LogP contribution in [0, 0.1) is 5.92 Å². The average molecular weight is 940 g/mol. The molecular weight excluding hydrogens is 884 g/mol. The lowest BCUT2D eigenvalue weighted by Crippen LogP contribution is -2.49. The Balaban J connectivity index is 1.08. The number of amides is 2. The number of aryl methyl sites for hydroxylation is 1. The molecule has 0 bridgehead atoms. The van der Waals surface area contributed by atoms with Crippen LogP contribution in [0.1, 0.15) is 67.0 Å². The second-order valence-electron chi connectivity index (χ2n) is 17.4. The summed E-state index contributed by atoms with van der Waals surface area (Å²) in [6.07, 6.45) is 3.53. The zero-order valence-corrected chi connectivity index (χ0v) is 38.8. The molecule has 1 fully saturated rings. The van der Waals surface area contributed by atoms with Gasteiger partial charge in [0.05, 0.1) is 54.9 Å². The molecule has 1 aromatic heterocycles. The van der Waals surface area contributed by atoms with E-state index in [-0.39, 0.29) is 37.5 Å². The number of aliphatic hydroxyl groups excluding tert-OH is 2. The number of benzene rings is 4. The van der Waals surface area contributed by atoms with Gasteiger partial charge in [-0.15, -0.1) is 5.10 Å². The lowest BCUT2D eigenvalue weighted by Gasteiger charge is -2.35. The molecule has 3 aliphatic rings. The van der Waals surface area contributed by atoms with E-state index in [1.807, 2.05) is 111 Å². The number of halogens is 2. The molecule has 15 heteroatoms. The van der Waals surface area contributed by atoms with E-state index in [1.165, 1.54) is 0 Å². The Morgan fingerprint density at radius 2 is 1.81 bits per heavy atom. The number of carbonyl (C=O) groups excluding carboxylic acids is 2. The van der Waals surface area contributed by atoms with Gasteiger partial charge >= 0.3 is 0 Å². The molecule has 4 heterocycles. The summed E-state index contributed by atoms with van der Waals surface area (Å²) in [5.74, 6) is -0.417. The maximum Gasteiger partial charge on any atom is 0.264 e. The number of nitrogens with zero attached hydrogens (tertiary/aromatic N) is 5. The molecule has 332 valence electrons. The van der Waals surface area contributed by atoms with Crippen molar-refractivity contribution in [2.24, 2.45) is 5.92 Å². The third kappa shape index (κ3) is 8.75. The van der Waals surface area contributed by atoms with Gasteiger partial charge in [-0.1, -0.05) is 70.5 Å². The summed E-state index contributed by atoms with van der Waals surface area (Å²) in [6.45, 7) is 8.94. The van der Waals surface area contributed by atoms with Crippen LogP contribution in [0.4, 0.5) is 21.2 Å². The lowest BCUT2D eigenvalue weighted by atomic mass is 9.82. The van der Waals surface area contributed by atoms with Crippen molar-refractivity contribution in [2.75, 3.05) is 36.2 Å². The number of unbranched alkanes of at least 4 members (excludes halogenated alkanes) is 1. The molecule has 5 aromatic rings. The minimum Gasteiger partial charge on any atom is -0.494 e. The predicted molar refractivity (Wildman–Crippen MR) is 246 cm³/mol. The first-order chi connectivity index (χ1) is 30.4. The van der Waals surface area contributed by atoms with Gasteiger partial charge in [-0.05, 0) is 117 Å². The van der Waals surface area contributed by atoms with Crippen molar-refractivity contribution < 1.29 is 33.4 Å². The third-order valence-corrected chi connectivity index (χ3v) is 15.8. The van der Waals surface area contributed by atoms with Gasteiger partial charge in [-0.2, -0.15) is 0 Å². The zero-order valence-electron chi connectivity index (χ0n) is 36.2. The quantitative estimate of drug-likeness (QED) is 0.0482. The van der Waals surface area contributed by atoms with Gasteiger partial charge in [0.2, 0.25) is 14.3 Å². The lowest BCUT2D eigenvalue weighted by molar-refractivity contribution is -0.146. The summed E-state index contributed by atoms with van der Waals surface area (Å²) < 4.78 is 32.1. The number of aliphatic hydroxyl groups is 2. The summed E-state index contributed by atoms with van der Waals surface area (Å²) in [7, 11) is -3.44. The fourth-order valence-electron chi connectivity index (χ4n) is 10.0. The fraction of sp³-hybridized carbons (Fsp3) is 0.417. The number of hydrogen-bond donors (Lipinski definition) is 3. The van der Waals surface area contributed by atoms with Crippen LogP contribution in [0.3, 0.4) is 0 Å². The first-order valence-electron chi connectivity index (χ1n) is 21.9. The normalized spacial score (nSPS) is 22.5. The molecule has 2 unspecified atom stereocenters. The maximum atomic E-state index is 16.7. The molecule has 3 N–H and O–H groups in total. The Morgan fingerprint density at radius 1 is 1.02 bits per heavy atom. The predicted octanol–water partition coefficient (Wildman–Crippen LogP) is 7.93. The molecule has 8 rings (SSSR count). The maximum absolute atomic E-state index is 16.7. The van der Waals surface area contributed by atoms with Crippen LogP contribution in [-0.2, 0) is 39.4 Å². The number of rotatable bonds is 17. The minimum atomic E-state index is -3.44. The van der Waals surface area contributed by atoms with E-state index in [4.69, 9.17) is 9.47 Å². The van der Waals surface area contributed by atoms with E-state index in [0.717, 1.165) is 39.0 Å². The number of ether oxygens (including phenoxy) is 2. The summed E-state index contributed by atoms with van der Waals surface area (Å²) in [4.78, 5) is 33.1. The van der Waals surface area contributed by atoms with E-state index in [9.17, 15) is 15.0 Å². The van der Waals surface area contributed by atoms with Crippen LogP contribution >= 0.6 is 15.9 Å². The van der Waals surface area contributed by atoms with Gasteiger partial charge in [0.15, 0.2) is 5.60 Å². The molecule has 12 nitrogen and oxygen atoms in total. The second kappa shape index (κ2) is 18.8. The molecule has 6 atom stereocenters. The number of nitrogens with one attached hydrogen (secondary N) is 1. The van der Waals surface area contributed by atoms with Gasteiger partial charge in [-0.3, -0.25) is 19.2 Å². The van der Waals surface area contributed by atoms with Gasteiger partial charge in [0, 0.05) is 46.5 Å². The van der Waals surface area contributed by atoms with Crippen LogP contribution in [0.25, 0.3) is 0 Å². The smallest absolute Gasteiger partial charge is 0.264 e. The monoisotopic (exact) mass is 938 g/mol. The Bertz CT molecular complexity index is 2430. The molecule has 0 aliphatic carbocycles. The van der Waals surface area contributed by atoms with Crippen molar-refractivity contribution in [3.63, 3.8) is 0 Å². The van der Waals surface area contributed by atoms with E-state index in [0.29, 0.717) is 61.6 Å². The van der Waals surface area contributed by atoms with Gasteiger partial charge in [-0.25, -0.2) is 0 Å². The summed E-state index contributed by atoms with van der Waals surface area (Å²) in [5.41, 5.74) is 4.26. The highest BCUT2D eigenvalue weighted by Gasteiger charge is 2.66. The molecule has 0 radical (unpaired) electrons. The molecule has 0 saturated carbocycles. The molecule has 4 aromatic carbocycles. The number of aromatic nitrogens is 3. The number of hydrogen-bond acceptors (Lipinski definition) is 9. The summed E-state index contributed by atoms with van der Waals surface area (Å²) in [6, 6.07) is 28.5. The average Bonchev–Trinajstić information content (AvgIpc) is 3.92. The van der Waals surface area contributed by atoms with Crippen molar-refractivity contribution in [3.05, 3.63) is 130 Å². The molecular formula is C48H56BrFN6O6Si. The van der Waals surface area contributed by atoms with Crippen molar-refractivity contribution in [1.29, 1.82) is 0 Å². The van der Waals surface area contributed by atoms with Gasteiger partial charge in [0.1, 0.15) is 5.75 Å². The number of carbonyl (C=O) groups is 2. The van der Waals surface area contributed by atoms with Crippen molar-refractivity contribution in [3.8, 4) is 5.75 Å². The zero-order chi connectivity index (χ0) is 44.5. The highest BCUT2D eigenvalue weighted by molar-refractivity contribution is 9.10. The van der Waals surface area contributed by atoms with Crippen LogP contribution in [0.2, 0.25) is 18.6 Å². The molecule has 63 heavy (non-hydrogen) atoms. The van der Waals surface area contributed by atoms with E-state index in [2.05, 4.69) is 31.6 Å². The van der Waals surface area contributed by atoms with Crippen molar-refractivity contribution in [1.82, 2.24) is 20.3 Å². The van der Waals surface area contributed by atoms with Crippen LogP contribution < -0.4 is 19.9 Å². The summed E-state index contributed by atoms with van der Waals surface area (Å²) in [5, 5.41) is 31.8. The molecule has 3 aliphatic heterocycles. The van der Waals surface area contributed by atoms with E-state index < -0.39 is 37.6 Å². The molecule has 1 saturated heterocycles. The standard InChI is InChI=1S/C48H56BrFN6O6Si/c1-5-61-37-17-19-42-34(25-37)26-40(51-21-9-10-23-57)46(59)56(42)36-15-11-12-32(24-36)28-55-43-18-16-35(49)27-39(43)48(47(55)60)31(2)45(63(3,4)50)44(62-48)20-22-54-29-41(52-53-54)38(30-58)33-13-7-6-8-14-33/h6-8,11-19,24-25,27,29,31,38,40,44-45,51,57-58H,5,9-10,20-23,26,28,30H2,1-4H3/t31-,38?,40?,44+,45-,48+/m1/s1. The highest BCUT2D eigenvalue weighted by atomic mass is 79.9. The van der Waals surface area contributed by atoms with E-state index in [1.54, 1.807) is 27.6 Å². The highest BCUT2D eigenvalue weighted by Crippen LogP contribution is 2.60. The Labute approximate surface area is 377 Å². The Morgan fingerprint density at radius 3 is 2.56 bits per heavy atom. The van der Waals surface area contributed by atoms with Crippen LogP contribution in [0.15, 0.2) is 102 Å². The van der Waals surface area contributed by atoms with Gasteiger partial charge < -0.3 is 34.0 Å². The topological polar surface area (TPSA) is 142 Å². The first kappa shape index (κ1) is 44.8. The van der Waals surface area contributed by atoms with E-state index >= 15 is 8.90 Å². The van der Waals surface area contributed by atoms with Crippen molar-refractivity contribution in [2.45, 2.75) is 94.9 Å². The largest absolute Gasteiger partial charge is 0.494 e. The SMILES string of the molecule is CCOc1ccc2c(c1)CC(NCCCCO)C(=O)N2c1cccc(CN2C(=O)[C@@]3(O[C@@H](CCn4cc(C(CO)c5ccccc5)nn4)[C@H]([Si](C)(C)F)[C@H]3C)c3cc(Br)ccc32)c1. The fourth-order valence-corrected chi connectivity index (χ4v) is 12.9. The molecule has 2 amide bonds. The number of anilines is 3. The third-order valence-electron chi connectivity index (χ3n) is 12.9. The Hall–Kier alpha value is -4.77. The number of fused-ring (bicyclic) bond motifs is 3. The Kier molecular flexibility index (Phi) is 13.3. The molecule has 1 spiro atoms. The van der Waals surface area contributed by atoms with Crippen LogP contribution in [-0.4, -0.2) is 83.9 Å². The minimum absolute atomic E-state index is 0.0889. The summed E-state index contributed by atoms with van der Waals surface area (Å²) >= 11 is 3.65. The van der Waals surface area contributed by atoms with Gasteiger partial charge in [0.25, 0.3) is 5.91 Å². The van der Waals surface area contributed by atoms with Crippen molar-refractivity contribution >= 4 is 53.2 Å².